The molecule has 2 aliphatic heterocycles. The molecular weight excluding hydrogens is 352 g/mol. The Bertz CT molecular complexity index is 1000. The summed E-state index contributed by atoms with van der Waals surface area (Å²) in [7, 11) is 0. The Hall–Kier alpha value is -3.29. The monoisotopic (exact) mass is 375 g/mol. The van der Waals surface area contributed by atoms with Gasteiger partial charge in [0.05, 0.1) is 6.20 Å². The highest BCUT2D eigenvalue weighted by atomic mass is 16.5. The average molecular weight is 375 g/mol. The zero-order chi connectivity index (χ0) is 19.6. The summed E-state index contributed by atoms with van der Waals surface area (Å²) in [6.07, 6.45) is 5.36. The van der Waals surface area contributed by atoms with Crippen LogP contribution in [0.3, 0.4) is 0 Å². The van der Waals surface area contributed by atoms with Gasteiger partial charge in [0.2, 0.25) is 0 Å². The van der Waals surface area contributed by atoms with Gasteiger partial charge in [0.25, 0.3) is 11.8 Å². The molecule has 0 aliphatic carbocycles. The first-order valence-corrected chi connectivity index (χ1v) is 9.17. The summed E-state index contributed by atoms with van der Waals surface area (Å²) < 4.78 is 5.79. The fourth-order valence-corrected chi connectivity index (χ4v) is 3.35. The Kier molecular flexibility index (Phi) is 4.77. The van der Waals surface area contributed by atoms with E-state index in [1.54, 1.807) is 12.4 Å². The van der Waals surface area contributed by atoms with Crippen LogP contribution < -0.4 is 20.4 Å². The first-order chi connectivity index (χ1) is 13.6. The van der Waals surface area contributed by atoms with Crippen LogP contribution in [0, 0.1) is 13.8 Å². The van der Waals surface area contributed by atoms with Gasteiger partial charge in [-0.15, -0.1) is 0 Å². The van der Waals surface area contributed by atoms with Gasteiger partial charge in [-0.3, -0.25) is 4.99 Å². The fraction of sp³-hybridized carbons (Fsp3) is 0.190. The SMILES string of the molecule is Cc1cc(C)cc(NC2=N[N+]3(c4cccc(OCCN)c4)C=CN=CC3=N2)c1. The molecule has 2 aromatic carbocycles. The predicted molar refractivity (Wildman–Crippen MR) is 115 cm³/mol. The molecule has 3 N–H and O–H groups in total. The first kappa shape index (κ1) is 18.1. The zero-order valence-corrected chi connectivity index (χ0v) is 16.0. The number of benzene rings is 2. The number of nitrogens with one attached hydrogen (secondary N) is 1. The second-order valence-electron chi connectivity index (χ2n) is 6.79. The molecule has 0 aromatic heterocycles. The van der Waals surface area contributed by atoms with E-state index in [0.717, 1.165) is 17.1 Å². The van der Waals surface area contributed by atoms with Crippen molar-refractivity contribution in [3.63, 3.8) is 0 Å². The number of rotatable bonds is 5. The van der Waals surface area contributed by atoms with Gasteiger partial charge in [0.15, 0.2) is 11.9 Å². The maximum atomic E-state index is 5.68. The molecule has 0 radical (unpaired) electrons. The van der Waals surface area contributed by atoms with E-state index >= 15 is 0 Å². The highest BCUT2D eigenvalue weighted by molar-refractivity contribution is 6.38. The Morgan fingerprint density at radius 3 is 2.71 bits per heavy atom. The molecule has 0 amide bonds. The van der Waals surface area contributed by atoms with Crippen LogP contribution in [0.5, 0.6) is 5.75 Å². The van der Waals surface area contributed by atoms with Gasteiger partial charge in [0.1, 0.15) is 18.6 Å². The Balaban J connectivity index is 1.70. The van der Waals surface area contributed by atoms with E-state index in [4.69, 9.17) is 15.6 Å². The first-order valence-electron chi connectivity index (χ1n) is 9.17. The summed E-state index contributed by atoms with van der Waals surface area (Å²) >= 11 is 0. The molecule has 0 spiro atoms. The number of anilines is 1. The van der Waals surface area contributed by atoms with Gasteiger partial charge in [-0.05, 0) is 48.3 Å². The van der Waals surface area contributed by atoms with E-state index in [-0.39, 0.29) is 4.59 Å². The van der Waals surface area contributed by atoms with Crippen LogP contribution in [0.2, 0.25) is 0 Å². The molecule has 28 heavy (non-hydrogen) atoms. The quantitative estimate of drug-likeness (QED) is 0.787. The molecule has 0 bridgehead atoms. The fourth-order valence-electron chi connectivity index (χ4n) is 3.35. The molecule has 0 saturated carbocycles. The van der Waals surface area contributed by atoms with Crippen LogP contribution >= 0.6 is 0 Å². The molecule has 2 aromatic rings. The van der Waals surface area contributed by atoms with Crippen molar-refractivity contribution in [3.8, 4) is 5.75 Å². The van der Waals surface area contributed by atoms with Crippen molar-refractivity contribution in [1.82, 2.24) is 4.59 Å². The Morgan fingerprint density at radius 2 is 1.93 bits per heavy atom. The number of quaternary nitrogens is 1. The number of amidine groups is 1. The standard InChI is InChI=1S/C21H23N6O/c1-15-10-16(2)12-17(11-15)24-21-25-20-14-23-7-8-27(20,26-21)18-4-3-5-19(13-18)28-9-6-22/h3-5,7-8,10-14H,6,9,22H2,1-2H3,(H,24,26)/q+1. The molecule has 7 nitrogen and oxygen atoms in total. The summed E-state index contributed by atoms with van der Waals surface area (Å²) in [6.45, 7) is 5.07. The van der Waals surface area contributed by atoms with Crippen LogP contribution in [0.15, 0.2) is 70.0 Å². The van der Waals surface area contributed by atoms with Crippen LogP contribution in [0.4, 0.5) is 11.4 Å². The molecular formula is C21H23N6O+. The summed E-state index contributed by atoms with van der Waals surface area (Å²) in [5.41, 5.74) is 9.78. The van der Waals surface area contributed by atoms with Crippen LogP contribution in [-0.2, 0) is 0 Å². The highest BCUT2D eigenvalue weighted by Gasteiger charge is 2.43. The molecule has 2 heterocycles. The van der Waals surface area contributed by atoms with Crippen molar-refractivity contribution in [2.45, 2.75) is 13.8 Å². The van der Waals surface area contributed by atoms with Crippen molar-refractivity contribution < 1.29 is 4.74 Å². The summed E-state index contributed by atoms with van der Waals surface area (Å²) in [6, 6.07) is 14.1. The van der Waals surface area contributed by atoms with Gasteiger partial charge in [-0.2, -0.15) is 4.99 Å². The van der Waals surface area contributed by atoms with Crippen LogP contribution in [0.25, 0.3) is 0 Å². The average Bonchev–Trinajstić information content (AvgIpc) is 3.05. The second kappa shape index (κ2) is 7.38. The molecule has 0 fully saturated rings. The van der Waals surface area contributed by atoms with E-state index < -0.39 is 0 Å². The van der Waals surface area contributed by atoms with E-state index in [1.807, 2.05) is 30.5 Å². The lowest BCUT2D eigenvalue weighted by Gasteiger charge is -2.24. The Morgan fingerprint density at radius 1 is 1.11 bits per heavy atom. The number of aryl methyl sites for hydroxylation is 2. The lowest BCUT2D eigenvalue weighted by atomic mass is 10.1. The molecule has 2 aliphatic rings. The van der Waals surface area contributed by atoms with E-state index in [2.05, 4.69) is 47.3 Å². The number of nitrogens with two attached hydrogens (primary N) is 1. The van der Waals surface area contributed by atoms with E-state index in [1.165, 1.54) is 11.1 Å². The van der Waals surface area contributed by atoms with Gasteiger partial charge in [-0.1, -0.05) is 16.7 Å². The number of hydrogen-bond donors (Lipinski definition) is 2. The van der Waals surface area contributed by atoms with E-state index in [9.17, 15) is 0 Å². The maximum absolute atomic E-state index is 5.68. The molecule has 4 rings (SSSR count). The topological polar surface area (TPSA) is 84.4 Å². The minimum absolute atomic E-state index is 0.108. The number of nitrogens with zero attached hydrogens (tertiary/aromatic N) is 4. The normalized spacial score (nSPS) is 19.8. The summed E-state index contributed by atoms with van der Waals surface area (Å²) in [5, 5.41) is 8.19. The van der Waals surface area contributed by atoms with Crippen molar-refractivity contribution in [2.24, 2.45) is 20.8 Å². The van der Waals surface area contributed by atoms with Crippen molar-refractivity contribution >= 4 is 29.4 Å². The smallest absolute Gasteiger partial charge is 0.287 e. The van der Waals surface area contributed by atoms with Crippen molar-refractivity contribution in [2.75, 3.05) is 18.5 Å². The second-order valence-corrected chi connectivity index (χ2v) is 6.79. The highest BCUT2D eigenvalue weighted by Crippen LogP contribution is 2.33. The molecule has 7 heteroatoms. The van der Waals surface area contributed by atoms with Gasteiger partial charge in [0, 0.05) is 24.4 Å². The lowest BCUT2D eigenvalue weighted by molar-refractivity contribution is 0.328. The minimum atomic E-state index is 0.108. The minimum Gasteiger partial charge on any atom is -0.492 e. The van der Waals surface area contributed by atoms with Gasteiger partial charge < -0.3 is 15.8 Å². The summed E-state index contributed by atoms with van der Waals surface area (Å²) in [4.78, 5) is 8.90. The molecule has 1 unspecified atom stereocenters. The maximum Gasteiger partial charge on any atom is 0.287 e. The third kappa shape index (κ3) is 3.45. The molecule has 1 atom stereocenters. The molecule has 0 saturated heterocycles. The number of hydrogen-bond acceptors (Lipinski definition) is 6. The van der Waals surface area contributed by atoms with Crippen LogP contribution in [0.1, 0.15) is 11.1 Å². The third-order valence-electron chi connectivity index (χ3n) is 4.46. The number of guanidine groups is 1. The number of ether oxygens (including phenoxy) is 1. The van der Waals surface area contributed by atoms with Crippen molar-refractivity contribution in [1.29, 1.82) is 0 Å². The van der Waals surface area contributed by atoms with E-state index in [0.29, 0.717) is 24.9 Å². The van der Waals surface area contributed by atoms with Gasteiger partial charge in [-0.25, -0.2) is 0 Å². The summed E-state index contributed by atoms with van der Waals surface area (Å²) in [5.74, 6) is 1.99. The third-order valence-corrected chi connectivity index (χ3v) is 4.46. The number of fused-ring (bicyclic) bond motifs is 1. The Labute approximate surface area is 164 Å². The predicted octanol–water partition coefficient (Wildman–Crippen LogP) is 3.30. The van der Waals surface area contributed by atoms with Crippen LogP contribution in [-0.4, -0.2) is 31.2 Å². The lowest BCUT2D eigenvalue weighted by Crippen LogP contribution is -2.44. The largest absolute Gasteiger partial charge is 0.492 e. The molecule has 142 valence electrons. The zero-order valence-electron chi connectivity index (χ0n) is 16.0. The number of aliphatic imine (C=N–C) groups is 2. The van der Waals surface area contributed by atoms with Crippen molar-refractivity contribution in [3.05, 3.63) is 66.0 Å². The van der Waals surface area contributed by atoms with Gasteiger partial charge >= 0.3 is 0 Å².